The summed E-state index contributed by atoms with van der Waals surface area (Å²) in [5.41, 5.74) is 6.27. The van der Waals surface area contributed by atoms with Crippen LogP contribution >= 0.6 is 0 Å². The molecule has 64 valence electrons. The Bertz CT molecular complexity index is 163. The first-order chi connectivity index (χ1) is 4.95. The standard InChI is InChI=1S/C8H16N2O/c1-5(2)7(4)10-8(11)6(3)9/h6-7H,1,9H2,2-4H3,(H,10,11)/t6-,7?/m0/s1. The largest absolute Gasteiger partial charge is 0.349 e. The Kier molecular flexibility index (Phi) is 3.82. The summed E-state index contributed by atoms with van der Waals surface area (Å²) in [6, 6.07) is -0.440. The minimum Gasteiger partial charge on any atom is -0.349 e. The van der Waals surface area contributed by atoms with E-state index in [0.29, 0.717) is 0 Å². The zero-order valence-electron chi connectivity index (χ0n) is 7.35. The van der Waals surface area contributed by atoms with Gasteiger partial charge in [-0.25, -0.2) is 0 Å². The predicted octanol–water partition coefficient (Wildman–Crippen LogP) is 0.414. The van der Waals surface area contributed by atoms with Crippen molar-refractivity contribution in [2.75, 3.05) is 0 Å². The first-order valence-corrected chi connectivity index (χ1v) is 3.66. The van der Waals surface area contributed by atoms with E-state index < -0.39 is 6.04 Å². The lowest BCUT2D eigenvalue weighted by Gasteiger charge is -2.14. The quantitative estimate of drug-likeness (QED) is 0.582. The van der Waals surface area contributed by atoms with Gasteiger partial charge in [0.2, 0.25) is 5.91 Å². The third kappa shape index (κ3) is 3.78. The maximum atomic E-state index is 11.0. The van der Waals surface area contributed by atoms with Crippen molar-refractivity contribution in [2.24, 2.45) is 5.73 Å². The van der Waals surface area contributed by atoms with Crippen LogP contribution in [0.15, 0.2) is 12.2 Å². The molecular weight excluding hydrogens is 140 g/mol. The summed E-state index contributed by atoms with van der Waals surface area (Å²) < 4.78 is 0. The van der Waals surface area contributed by atoms with E-state index in [4.69, 9.17) is 5.73 Å². The molecule has 3 N–H and O–H groups in total. The second-order valence-electron chi connectivity index (χ2n) is 2.87. The van der Waals surface area contributed by atoms with Gasteiger partial charge in [-0.2, -0.15) is 0 Å². The maximum Gasteiger partial charge on any atom is 0.237 e. The molecule has 1 unspecified atom stereocenters. The van der Waals surface area contributed by atoms with E-state index in [2.05, 4.69) is 11.9 Å². The molecule has 0 spiro atoms. The zero-order valence-corrected chi connectivity index (χ0v) is 7.35. The molecule has 0 rings (SSSR count). The van der Waals surface area contributed by atoms with E-state index in [9.17, 15) is 4.79 Å². The first-order valence-electron chi connectivity index (χ1n) is 3.66. The molecular formula is C8H16N2O. The predicted molar refractivity (Wildman–Crippen MR) is 46.1 cm³/mol. The fourth-order valence-corrected chi connectivity index (χ4v) is 0.468. The van der Waals surface area contributed by atoms with Gasteiger partial charge < -0.3 is 11.1 Å². The van der Waals surface area contributed by atoms with Crippen molar-refractivity contribution in [2.45, 2.75) is 32.9 Å². The lowest BCUT2D eigenvalue weighted by molar-refractivity contribution is -0.122. The number of nitrogens with one attached hydrogen (secondary N) is 1. The number of carbonyl (C=O) groups is 1. The second-order valence-corrected chi connectivity index (χ2v) is 2.87. The van der Waals surface area contributed by atoms with E-state index in [1.807, 2.05) is 13.8 Å². The SMILES string of the molecule is C=C(C)C(C)NC(=O)[C@H](C)N. The van der Waals surface area contributed by atoms with Gasteiger partial charge in [0.1, 0.15) is 0 Å². The summed E-state index contributed by atoms with van der Waals surface area (Å²) in [7, 11) is 0. The lowest BCUT2D eigenvalue weighted by Crippen LogP contribution is -2.42. The number of hydrogen-bond donors (Lipinski definition) is 2. The summed E-state index contributed by atoms with van der Waals surface area (Å²) in [4.78, 5) is 11.0. The Balaban J connectivity index is 3.85. The fraction of sp³-hybridized carbons (Fsp3) is 0.625. The van der Waals surface area contributed by atoms with Gasteiger partial charge in [0.05, 0.1) is 6.04 Å². The van der Waals surface area contributed by atoms with Crippen LogP contribution < -0.4 is 11.1 Å². The monoisotopic (exact) mass is 156 g/mol. The first kappa shape index (κ1) is 10.2. The van der Waals surface area contributed by atoms with Crippen LogP contribution in [-0.2, 0) is 4.79 Å². The van der Waals surface area contributed by atoms with Gasteiger partial charge in [-0.15, -0.1) is 0 Å². The third-order valence-corrected chi connectivity index (χ3v) is 1.51. The highest BCUT2D eigenvalue weighted by molar-refractivity contribution is 5.81. The van der Waals surface area contributed by atoms with Gasteiger partial charge in [0.15, 0.2) is 0 Å². The number of carbonyl (C=O) groups excluding carboxylic acids is 1. The highest BCUT2D eigenvalue weighted by Crippen LogP contribution is 1.95. The van der Waals surface area contributed by atoms with Crippen LogP contribution in [0.3, 0.4) is 0 Å². The molecule has 11 heavy (non-hydrogen) atoms. The molecule has 0 saturated heterocycles. The number of nitrogens with two attached hydrogens (primary N) is 1. The van der Waals surface area contributed by atoms with Crippen molar-refractivity contribution in [1.82, 2.24) is 5.32 Å². The van der Waals surface area contributed by atoms with Gasteiger partial charge >= 0.3 is 0 Å². The van der Waals surface area contributed by atoms with Gasteiger partial charge in [-0.05, 0) is 20.8 Å². The van der Waals surface area contributed by atoms with Crippen LogP contribution in [0.25, 0.3) is 0 Å². The highest BCUT2D eigenvalue weighted by Gasteiger charge is 2.10. The molecule has 0 fully saturated rings. The van der Waals surface area contributed by atoms with E-state index in [1.165, 1.54) is 0 Å². The Morgan fingerprint density at radius 3 is 2.27 bits per heavy atom. The summed E-state index contributed by atoms with van der Waals surface area (Å²) in [5.74, 6) is -0.138. The number of hydrogen-bond acceptors (Lipinski definition) is 2. The molecule has 2 atom stereocenters. The Morgan fingerprint density at radius 1 is 1.55 bits per heavy atom. The van der Waals surface area contributed by atoms with Gasteiger partial charge in [0, 0.05) is 6.04 Å². The number of rotatable bonds is 3. The lowest BCUT2D eigenvalue weighted by atomic mass is 10.2. The van der Waals surface area contributed by atoms with Crippen LogP contribution in [0.1, 0.15) is 20.8 Å². The van der Waals surface area contributed by atoms with E-state index >= 15 is 0 Å². The number of amides is 1. The normalized spacial score (nSPS) is 15.3. The molecule has 1 amide bonds. The molecule has 0 aromatic carbocycles. The molecule has 0 aliphatic heterocycles. The Hall–Kier alpha value is -0.830. The molecule has 0 radical (unpaired) electrons. The van der Waals surface area contributed by atoms with Gasteiger partial charge in [0.25, 0.3) is 0 Å². The molecule has 0 aliphatic rings. The summed E-state index contributed by atoms with van der Waals surface area (Å²) in [5, 5.41) is 2.72. The smallest absolute Gasteiger partial charge is 0.237 e. The van der Waals surface area contributed by atoms with Crippen molar-refractivity contribution in [1.29, 1.82) is 0 Å². The molecule has 0 bridgehead atoms. The molecule has 0 heterocycles. The summed E-state index contributed by atoms with van der Waals surface area (Å²) in [6.07, 6.45) is 0. The van der Waals surface area contributed by atoms with E-state index in [1.54, 1.807) is 6.92 Å². The molecule has 3 nitrogen and oxygen atoms in total. The second kappa shape index (κ2) is 4.13. The fourth-order valence-electron chi connectivity index (χ4n) is 0.468. The van der Waals surface area contributed by atoms with Crippen molar-refractivity contribution in [3.63, 3.8) is 0 Å². The minimum atomic E-state index is -0.447. The van der Waals surface area contributed by atoms with Crippen LogP contribution in [0.4, 0.5) is 0 Å². The van der Waals surface area contributed by atoms with Gasteiger partial charge in [-0.3, -0.25) is 4.79 Å². The molecule has 3 heteroatoms. The molecule has 0 aromatic rings. The zero-order chi connectivity index (χ0) is 9.02. The van der Waals surface area contributed by atoms with E-state index in [0.717, 1.165) is 5.57 Å². The van der Waals surface area contributed by atoms with Crippen molar-refractivity contribution in [3.8, 4) is 0 Å². The van der Waals surface area contributed by atoms with Crippen molar-refractivity contribution < 1.29 is 4.79 Å². The molecule has 0 aromatic heterocycles. The molecule has 0 saturated carbocycles. The van der Waals surface area contributed by atoms with Crippen LogP contribution in [0, 0.1) is 0 Å². The van der Waals surface area contributed by atoms with Crippen LogP contribution in [-0.4, -0.2) is 18.0 Å². The van der Waals surface area contributed by atoms with E-state index in [-0.39, 0.29) is 11.9 Å². The molecule has 0 aliphatic carbocycles. The summed E-state index contributed by atoms with van der Waals surface area (Å²) in [6.45, 7) is 9.11. The maximum absolute atomic E-state index is 11.0. The van der Waals surface area contributed by atoms with Crippen LogP contribution in [0.5, 0.6) is 0 Å². The average molecular weight is 156 g/mol. The third-order valence-electron chi connectivity index (χ3n) is 1.51. The van der Waals surface area contributed by atoms with Crippen LogP contribution in [0.2, 0.25) is 0 Å². The Labute approximate surface area is 67.7 Å². The summed E-state index contributed by atoms with van der Waals surface area (Å²) >= 11 is 0. The minimum absolute atomic E-state index is 0.00787. The highest BCUT2D eigenvalue weighted by atomic mass is 16.2. The Morgan fingerprint density at radius 2 is 2.00 bits per heavy atom. The van der Waals surface area contributed by atoms with Crippen molar-refractivity contribution in [3.05, 3.63) is 12.2 Å². The van der Waals surface area contributed by atoms with Crippen molar-refractivity contribution >= 4 is 5.91 Å². The average Bonchev–Trinajstić information content (AvgIpc) is 1.87. The topological polar surface area (TPSA) is 55.1 Å². The van der Waals surface area contributed by atoms with Gasteiger partial charge in [-0.1, -0.05) is 12.2 Å².